The van der Waals surface area contributed by atoms with Crippen molar-refractivity contribution in [2.45, 2.75) is 52.4 Å². The summed E-state index contributed by atoms with van der Waals surface area (Å²) in [5.74, 6) is 1.82. The Morgan fingerprint density at radius 3 is 2.14 bits per heavy atom. The summed E-state index contributed by atoms with van der Waals surface area (Å²) in [6.45, 7) is 12.7. The van der Waals surface area contributed by atoms with Gasteiger partial charge in [-0.1, -0.05) is 52.0 Å². The molecule has 224 valence electrons. The van der Waals surface area contributed by atoms with Crippen molar-refractivity contribution in [1.82, 2.24) is 0 Å². The van der Waals surface area contributed by atoms with Gasteiger partial charge >= 0.3 is 0 Å². The van der Waals surface area contributed by atoms with E-state index in [1.54, 1.807) is 14.2 Å². The van der Waals surface area contributed by atoms with Gasteiger partial charge in [-0.25, -0.2) is 0 Å². The van der Waals surface area contributed by atoms with Gasteiger partial charge < -0.3 is 24.2 Å². The molecule has 1 saturated carbocycles. The zero-order valence-electron chi connectivity index (χ0n) is 26.3. The van der Waals surface area contributed by atoms with E-state index in [1.165, 1.54) is 28.7 Å². The number of benzene rings is 4. The molecule has 0 bridgehead atoms. The Balaban J connectivity index is 1.54. The van der Waals surface area contributed by atoms with Crippen LogP contribution in [0.2, 0.25) is 0 Å². The SMILES string of the molecule is COc1ccc(-c2cc3c(O)cc4c(c3cc2N2CCOCC2)-c2ccccc2C42CC(C)(C)CC(C)(C)C2)c(OC)c1. The second kappa shape index (κ2) is 9.92. The highest BCUT2D eigenvalue weighted by atomic mass is 16.5. The number of phenolic OH excluding ortho intramolecular Hbond substituents is 1. The molecule has 4 aromatic carbocycles. The largest absolute Gasteiger partial charge is 0.507 e. The minimum Gasteiger partial charge on any atom is -0.507 e. The van der Waals surface area contributed by atoms with Gasteiger partial charge in [0.25, 0.3) is 0 Å². The first-order valence-corrected chi connectivity index (χ1v) is 15.6. The van der Waals surface area contributed by atoms with Crippen molar-refractivity contribution in [3.05, 3.63) is 71.8 Å². The van der Waals surface area contributed by atoms with Crippen molar-refractivity contribution in [1.29, 1.82) is 0 Å². The van der Waals surface area contributed by atoms with Crippen LogP contribution in [0.15, 0.2) is 60.7 Å². The molecule has 1 aliphatic heterocycles. The molecule has 1 N–H and O–H groups in total. The average molecular weight is 578 g/mol. The summed E-state index contributed by atoms with van der Waals surface area (Å²) in [6.07, 6.45) is 3.32. The molecular weight excluding hydrogens is 534 g/mol. The van der Waals surface area contributed by atoms with Crippen molar-refractivity contribution >= 4 is 16.5 Å². The first-order chi connectivity index (χ1) is 20.6. The normalized spacial score (nSPS) is 19.7. The van der Waals surface area contributed by atoms with Gasteiger partial charge in [-0.3, -0.25) is 0 Å². The Kier molecular flexibility index (Phi) is 6.48. The van der Waals surface area contributed by atoms with Gasteiger partial charge in [0.2, 0.25) is 0 Å². The lowest BCUT2D eigenvalue weighted by Gasteiger charge is -2.51. The van der Waals surface area contributed by atoms with Crippen LogP contribution in [0.25, 0.3) is 33.0 Å². The maximum atomic E-state index is 11.9. The molecule has 1 saturated heterocycles. The zero-order chi connectivity index (χ0) is 30.1. The van der Waals surface area contributed by atoms with E-state index in [2.05, 4.69) is 81.1 Å². The average Bonchev–Trinajstić information content (AvgIpc) is 3.23. The number of phenols is 1. The molecule has 1 spiro atoms. The molecule has 0 amide bonds. The van der Waals surface area contributed by atoms with Crippen molar-refractivity contribution < 1.29 is 19.3 Å². The number of hydrogen-bond donors (Lipinski definition) is 1. The quantitative estimate of drug-likeness (QED) is 0.263. The van der Waals surface area contributed by atoms with Crippen LogP contribution in [0.5, 0.6) is 17.2 Å². The third-order valence-electron chi connectivity index (χ3n) is 10.0. The van der Waals surface area contributed by atoms with Gasteiger partial charge in [-0.15, -0.1) is 0 Å². The van der Waals surface area contributed by atoms with Gasteiger partial charge in [-0.2, -0.15) is 0 Å². The molecule has 0 unspecified atom stereocenters. The molecule has 2 aliphatic carbocycles. The molecule has 0 atom stereocenters. The smallest absolute Gasteiger partial charge is 0.130 e. The van der Waals surface area contributed by atoms with Gasteiger partial charge in [0.05, 0.1) is 27.4 Å². The van der Waals surface area contributed by atoms with Crippen LogP contribution in [-0.2, 0) is 10.2 Å². The number of ether oxygens (including phenoxy) is 3. The van der Waals surface area contributed by atoms with E-state index in [0.29, 0.717) is 19.0 Å². The summed E-state index contributed by atoms with van der Waals surface area (Å²) >= 11 is 0. The van der Waals surface area contributed by atoms with E-state index < -0.39 is 0 Å². The highest BCUT2D eigenvalue weighted by Crippen LogP contribution is 2.65. The predicted molar refractivity (Wildman–Crippen MR) is 175 cm³/mol. The number of fused-ring (bicyclic) bond motifs is 7. The number of aromatic hydroxyl groups is 1. The number of rotatable bonds is 4. The van der Waals surface area contributed by atoms with E-state index in [4.69, 9.17) is 14.2 Å². The number of anilines is 1. The standard InChI is InChI=1S/C38H43NO4/c1-36(2)21-37(3,4)23-38(22-36)30-10-8-7-9-26(30)35-29-19-32(39-13-15-43-16-14-39)27(18-28(29)33(40)20-31(35)38)25-12-11-24(41-5)17-34(25)42-6/h7-12,17-20,40H,13-16,21-23H2,1-6H3. The second-order valence-electron chi connectivity index (χ2n) is 14.4. The van der Waals surface area contributed by atoms with E-state index in [1.807, 2.05) is 12.1 Å². The van der Waals surface area contributed by atoms with E-state index >= 15 is 0 Å². The van der Waals surface area contributed by atoms with Crippen molar-refractivity contribution in [3.8, 4) is 39.5 Å². The number of nitrogens with zero attached hydrogens (tertiary/aromatic N) is 1. The van der Waals surface area contributed by atoms with Crippen LogP contribution >= 0.6 is 0 Å². The van der Waals surface area contributed by atoms with Crippen LogP contribution in [0.3, 0.4) is 0 Å². The summed E-state index contributed by atoms with van der Waals surface area (Å²) in [5, 5.41) is 13.9. The van der Waals surface area contributed by atoms with Gasteiger partial charge in [-0.05, 0) is 88.1 Å². The Hall–Kier alpha value is -3.70. The fourth-order valence-electron chi connectivity index (χ4n) is 9.17. The fraction of sp³-hybridized carbons (Fsp3) is 0.421. The van der Waals surface area contributed by atoms with E-state index in [9.17, 15) is 5.11 Å². The molecule has 7 rings (SSSR count). The molecule has 1 heterocycles. The highest BCUT2D eigenvalue weighted by molar-refractivity contribution is 6.09. The summed E-state index contributed by atoms with van der Waals surface area (Å²) in [6, 6.07) is 21.5. The molecular formula is C38H43NO4. The van der Waals surface area contributed by atoms with Crippen LogP contribution in [0.4, 0.5) is 5.69 Å². The third kappa shape index (κ3) is 4.47. The molecule has 4 aromatic rings. The maximum Gasteiger partial charge on any atom is 0.130 e. The predicted octanol–water partition coefficient (Wildman–Crippen LogP) is 8.57. The van der Waals surface area contributed by atoms with Gasteiger partial charge in [0.1, 0.15) is 17.2 Å². The summed E-state index contributed by atoms with van der Waals surface area (Å²) in [5.41, 5.74) is 8.62. The lowest BCUT2D eigenvalue weighted by Crippen LogP contribution is -2.43. The first kappa shape index (κ1) is 28.1. The number of methoxy groups -OCH3 is 2. The molecule has 0 radical (unpaired) electrons. The molecule has 43 heavy (non-hydrogen) atoms. The second-order valence-corrected chi connectivity index (χ2v) is 14.4. The fourth-order valence-corrected chi connectivity index (χ4v) is 9.17. The van der Waals surface area contributed by atoms with Crippen LogP contribution in [0, 0.1) is 10.8 Å². The van der Waals surface area contributed by atoms with E-state index in [-0.39, 0.29) is 16.2 Å². The lowest BCUT2D eigenvalue weighted by molar-refractivity contribution is 0.0645. The molecule has 5 nitrogen and oxygen atoms in total. The van der Waals surface area contributed by atoms with Crippen molar-refractivity contribution in [2.75, 3.05) is 45.4 Å². The lowest BCUT2D eigenvalue weighted by atomic mass is 9.52. The summed E-state index contributed by atoms with van der Waals surface area (Å²) in [7, 11) is 3.36. The molecule has 5 heteroatoms. The zero-order valence-corrected chi connectivity index (χ0v) is 26.3. The molecule has 3 aliphatic rings. The third-order valence-corrected chi connectivity index (χ3v) is 10.0. The van der Waals surface area contributed by atoms with Crippen molar-refractivity contribution in [3.63, 3.8) is 0 Å². The van der Waals surface area contributed by atoms with Gasteiger partial charge in [0, 0.05) is 46.8 Å². The molecule has 0 aromatic heterocycles. The summed E-state index contributed by atoms with van der Waals surface area (Å²) in [4.78, 5) is 2.42. The van der Waals surface area contributed by atoms with Crippen LogP contribution < -0.4 is 14.4 Å². The monoisotopic (exact) mass is 577 g/mol. The van der Waals surface area contributed by atoms with Crippen LogP contribution in [-0.4, -0.2) is 45.6 Å². The Morgan fingerprint density at radius 1 is 0.721 bits per heavy atom. The Morgan fingerprint density at radius 2 is 1.44 bits per heavy atom. The van der Waals surface area contributed by atoms with E-state index in [0.717, 1.165) is 65.0 Å². The Bertz CT molecular complexity index is 1710. The van der Waals surface area contributed by atoms with Crippen molar-refractivity contribution in [2.24, 2.45) is 10.8 Å². The minimum atomic E-state index is -0.139. The first-order valence-electron chi connectivity index (χ1n) is 15.6. The maximum absolute atomic E-state index is 11.9. The topological polar surface area (TPSA) is 51.2 Å². The summed E-state index contributed by atoms with van der Waals surface area (Å²) < 4.78 is 17.1. The Labute approximate surface area is 255 Å². The number of hydrogen-bond acceptors (Lipinski definition) is 5. The minimum absolute atomic E-state index is 0.139. The highest BCUT2D eigenvalue weighted by Gasteiger charge is 2.53. The number of morpholine rings is 1. The molecule has 2 fully saturated rings. The van der Waals surface area contributed by atoms with Gasteiger partial charge in [0.15, 0.2) is 0 Å². The van der Waals surface area contributed by atoms with Crippen LogP contribution in [0.1, 0.15) is 58.1 Å².